The van der Waals surface area contributed by atoms with E-state index in [0.29, 0.717) is 17.3 Å². The Hall–Kier alpha value is -3.29. The van der Waals surface area contributed by atoms with Gasteiger partial charge in [-0.1, -0.05) is 12.1 Å². The van der Waals surface area contributed by atoms with Gasteiger partial charge in [-0.2, -0.15) is 5.10 Å². The molecular weight excluding hydrogens is 424 g/mol. The van der Waals surface area contributed by atoms with Crippen molar-refractivity contribution < 1.29 is 0 Å². The van der Waals surface area contributed by atoms with Crippen LogP contribution in [0.1, 0.15) is 31.2 Å². The minimum absolute atomic E-state index is 0.207. The number of H-pyrrole nitrogens is 2. The van der Waals surface area contributed by atoms with Gasteiger partial charge in [-0.05, 0) is 81.7 Å². The Bertz CT molecular complexity index is 1350. The van der Waals surface area contributed by atoms with Gasteiger partial charge in [0, 0.05) is 47.5 Å². The van der Waals surface area contributed by atoms with Gasteiger partial charge in [-0.25, -0.2) is 5.10 Å². The predicted molar refractivity (Wildman–Crippen MR) is 134 cm³/mol. The van der Waals surface area contributed by atoms with Crippen LogP contribution in [-0.4, -0.2) is 62.2 Å². The Morgan fingerprint density at radius 2 is 1.82 bits per heavy atom. The van der Waals surface area contributed by atoms with Crippen molar-refractivity contribution in [3.8, 4) is 22.5 Å². The number of fused-ring (bicyclic) bond motifs is 1. The fourth-order valence-corrected chi connectivity index (χ4v) is 5.24. The maximum absolute atomic E-state index is 12.6. The van der Waals surface area contributed by atoms with E-state index in [1.54, 1.807) is 12.4 Å². The van der Waals surface area contributed by atoms with Crippen LogP contribution in [0.2, 0.25) is 0 Å². The van der Waals surface area contributed by atoms with Gasteiger partial charge >= 0.3 is 0 Å². The first-order chi connectivity index (χ1) is 16.6. The van der Waals surface area contributed by atoms with E-state index >= 15 is 0 Å². The van der Waals surface area contributed by atoms with Crippen molar-refractivity contribution in [2.45, 2.75) is 44.3 Å². The molecule has 1 aliphatic heterocycles. The molecule has 3 aromatic heterocycles. The first-order valence-corrected chi connectivity index (χ1v) is 12.2. The number of nitrogens with one attached hydrogen (secondary N) is 2. The zero-order chi connectivity index (χ0) is 23.1. The fraction of sp³-hybridized carbons (Fsp3) is 0.370. The van der Waals surface area contributed by atoms with Crippen LogP contribution in [0.15, 0.2) is 59.7 Å². The number of pyridine rings is 1. The monoisotopic (exact) mass is 454 g/mol. The van der Waals surface area contributed by atoms with E-state index in [1.165, 1.54) is 44.3 Å². The third kappa shape index (κ3) is 4.29. The number of likely N-dealkylation sites (tertiary alicyclic amines) is 1. The van der Waals surface area contributed by atoms with Crippen LogP contribution >= 0.6 is 0 Å². The Labute approximate surface area is 198 Å². The highest BCUT2D eigenvalue weighted by Crippen LogP contribution is 2.31. The summed E-state index contributed by atoms with van der Waals surface area (Å²) in [6, 6.07) is 15.7. The van der Waals surface area contributed by atoms with Crippen molar-refractivity contribution >= 4 is 10.9 Å². The quantitative estimate of drug-likeness (QED) is 0.460. The number of rotatable bonds is 6. The molecule has 1 aromatic carbocycles. The molecule has 6 rings (SSSR count). The van der Waals surface area contributed by atoms with Crippen LogP contribution in [0.4, 0.5) is 0 Å². The Morgan fingerprint density at radius 1 is 1.03 bits per heavy atom. The molecule has 2 aliphatic rings. The number of hydrogen-bond acceptors (Lipinski definition) is 5. The first-order valence-electron chi connectivity index (χ1n) is 12.2. The molecule has 7 heteroatoms. The van der Waals surface area contributed by atoms with E-state index in [0.717, 1.165) is 34.7 Å². The zero-order valence-electron chi connectivity index (χ0n) is 19.5. The molecule has 0 amide bonds. The van der Waals surface area contributed by atoms with E-state index in [9.17, 15) is 4.79 Å². The normalized spacial score (nSPS) is 17.6. The second-order valence-electron chi connectivity index (χ2n) is 9.75. The van der Waals surface area contributed by atoms with Gasteiger partial charge < -0.3 is 9.88 Å². The zero-order valence-corrected chi connectivity index (χ0v) is 19.5. The largest absolute Gasteiger partial charge is 0.354 e. The van der Waals surface area contributed by atoms with E-state index in [1.807, 2.05) is 24.3 Å². The van der Waals surface area contributed by atoms with Gasteiger partial charge in [0.25, 0.3) is 5.56 Å². The van der Waals surface area contributed by atoms with Crippen LogP contribution in [0.25, 0.3) is 33.4 Å². The lowest BCUT2D eigenvalue weighted by atomic mass is 10.0. The summed E-state index contributed by atoms with van der Waals surface area (Å²) in [5.41, 5.74) is 5.13. The summed E-state index contributed by atoms with van der Waals surface area (Å²) >= 11 is 0. The maximum atomic E-state index is 12.6. The standard InChI is InChI=1S/C27H30N6O/c1-32(21-8-12-33(13-9-21)22-4-5-22)17-18-2-3-20-15-26(29-24(20)14-18)23-16-25(30-31-27(23)34)19-6-10-28-11-7-19/h2-3,6-7,10-11,14-16,21-22,29H,4-5,8-9,12-13,17H2,1H3,(H,31,34). The van der Waals surface area contributed by atoms with E-state index in [-0.39, 0.29) is 5.56 Å². The van der Waals surface area contributed by atoms with Gasteiger partial charge in [0.1, 0.15) is 0 Å². The molecule has 174 valence electrons. The number of aromatic amines is 2. The summed E-state index contributed by atoms with van der Waals surface area (Å²) in [7, 11) is 2.25. The van der Waals surface area contributed by atoms with Crippen LogP contribution in [0.5, 0.6) is 0 Å². The molecule has 4 heterocycles. The first kappa shape index (κ1) is 21.3. The lowest BCUT2D eigenvalue weighted by Gasteiger charge is -2.37. The number of piperidine rings is 1. The molecule has 1 saturated heterocycles. The highest BCUT2D eigenvalue weighted by Gasteiger charge is 2.32. The summed E-state index contributed by atoms with van der Waals surface area (Å²) in [5, 5.41) is 7.95. The molecule has 34 heavy (non-hydrogen) atoms. The number of hydrogen-bond donors (Lipinski definition) is 2. The molecule has 1 aliphatic carbocycles. The SMILES string of the molecule is CN(Cc1ccc2cc(-c3cc(-c4ccncc4)n[nH]c3=O)[nH]c2c1)C1CCN(C2CC2)CC1. The van der Waals surface area contributed by atoms with Gasteiger partial charge in [0.15, 0.2) is 0 Å². The Morgan fingerprint density at radius 3 is 2.59 bits per heavy atom. The summed E-state index contributed by atoms with van der Waals surface area (Å²) < 4.78 is 0. The van der Waals surface area contributed by atoms with Gasteiger partial charge in [0.2, 0.25) is 0 Å². The van der Waals surface area contributed by atoms with E-state index in [4.69, 9.17) is 0 Å². The number of aromatic nitrogens is 4. The summed E-state index contributed by atoms with van der Waals surface area (Å²) in [6.07, 6.45) is 8.75. The third-order valence-electron chi connectivity index (χ3n) is 7.37. The number of nitrogens with zero attached hydrogens (tertiary/aromatic N) is 4. The molecule has 0 spiro atoms. The maximum Gasteiger partial charge on any atom is 0.273 e. The molecule has 0 radical (unpaired) electrons. The van der Waals surface area contributed by atoms with E-state index < -0.39 is 0 Å². The van der Waals surface area contributed by atoms with Crippen molar-refractivity contribution in [2.24, 2.45) is 0 Å². The predicted octanol–water partition coefficient (Wildman–Crippen LogP) is 4.04. The van der Waals surface area contributed by atoms with Crippen LogP contribution < -0.4 is 5.56 Å². The Kier molecular flexibility index (Phi) is 5.51. The van der Waals surface area contributed by atoms with Crippen molar-refractivity contribution in [1.82, 2.24) is 30.0 Å². The molecular formula is C27H30N6O. The van der Waals surface area contributed by atoms with Gasteiger partial charge in [-0.15, -0.1) is 0 Å². The third-order valence-corrected chi connectivity index (χ3v) is 7.37. The molecule has 2 fully saturated rings. The average molecular weight is 455 g/mol. The molecule has 1 saturated carbocycles. The summed E-state index contributed by atoms with van der Waals surface area (Å²) in [5.74, 6) is 0. The fourth-order valence-electron chi connectivity index (χ4n) is 5.24. The van der Waals surface area contributed by atoms with Crippen LogP contribution in [0, 0.1) is 0 Å². The average Bonchev–Trinajstić information content (AvgIpc) is 3.64. The van der Waals surface area contributed by atoms with Crippen molar-refractivity contribution in [2.75, 3.05) is 20.1 Å². The van der Waals surface area contributed by atoms with Gasteiger partial charge in [0.05, 0.1) is 17.0 Å². The number of benzene rings is 1. The molecule has 4 aromatic rings. The minimum atomic E-state index is -0.207. The van der Waals surface area contributed by atoms with Crippen molar-refractivity contribution in [1.29, 1.82) is 0 Å². The second-order valence-corrected chi connectivity index (χ2v) is 9.75. The van der Waals surface area contributed by atoms with Crippen molar-refractivity contribution in [3.63, 3.8) is 0 Å². The molecule has 0 atom stereocenters. The van der Waals surface area contributed by atoms with Crippen molar-refractivity contribution in [3.05, 3.63) is 70.8 Å². The smallest absolute Gasteiger partial charge is 0.273 e. The van der Waals surface area contributed by atoms with Crippen LogP contribution in [-0.2, 0) is 6.54 Å². The highest BCUT2D eigenvalue weighted by molar-refractivity contribution is 5.86. The molecule has 0 unspecified atom stereocenters. The highest BCUT2D eigenvalue weighted by atomic mass is 16.1. The van der Waals surface area contributed by atoms with Gasteiger partial charge in [-0.3, -0.25) is 14.7 Å². The lowest BCUT2D eigenvalue weighted by molar-refractivity contribution is 0.119. The molecule has 0 bridgehead atoms. The second kappa shape index (κ2) is 8.81. The molecule has 2 N–H and O–H groups in total. The minimum Gasteiger partial charge on any atom is -0.354 e. The Balaban J connectivity index is 1.21. The topological polar surface area (TPSA) is 80.9 Å². The summed E-state index contributed by atoms with van der Waals surface area (Å²) in [4.78, 5) is 25.3. The van der Waals surface area contributed by atoms with E-state index in [2.05, 4.69) is 55.2 Å². The lowest BCUT2D eigenvalue weighted by Crippen LogP contribution is -2.43. The summed E-state index contributed by atoms with van der Waals surface area (Å²) in [6.45, 7) is 3.40. The molecule has 7 nitrogen and oxygen atoms in total. The van der Waals surface area contributed by atoms with Crippen LogP contribution in [0.3, 0.4) is 0 Å².